The number of Topliss-reactive ketones (excluding diaryl/α,β-unsaturated/α-hetero) is 1. The number of hydrogen-bond donors (Lipinski definition) is 1. The third-order valence-corrected chi connectivity index (χ3v) is 6.84. The van der Waals surface area contributed by atoms with Gasteiger partial charge >= 0.3 is 5.97 Å². The van der Waals surface area contributed by atoms with Gasteiger partial charge in [0.2, 0.25) is 10.0 Å². The number of benzene rings is 2. The van der Waals surface area contributed by atoms with Crippen molar-refractivity contribution in [2.45, 2.75) is 32.2 Å². The predicted octanol–water partition coefficient (Wildman–Crippen LogP) is 3.24. The fraction of sp³-hybridized carbons (Fsp3) is 0.308. The van der Waals surface area contributed by atoms with Crippen LogP contribution in [0.2, 0.25) is 0 Å². The number of nitrogens with zero attached hydrogens (tertiary/aromatic N) is 2. The number of ether oxygens (including phenoxy) is 1. The van der Waals surface area contributed by atoms with Crippen LogP contribution in [-0.4, -0.2) is 49.8 Å². The summed E-state index contributed by atoms with van der Waals surface area (Å²) in [5.41, 5.74) is 3.93. The summed E-state index contributed by atoms with van der Waals surface area (Å²) < 4.78 is 29.9. The van der Waals surface area contributed by atoms with Gasteiger partial charge in [-0.25, -0.2) is 13.6 Å². The number of aromatic nitrogens is 1. The number of nitrogens with two attached hydrogens (primary N) is 1. The zero-order chi connectivity index (χ0) is 25.8. The number of carbonyl (C=O) groups excluding carboxylic acids is 2. The number of ketones is 1. The lowest BCUT2D eigenvalue weighted by Crippen LogP contribution is -2.36. The van der Waals surface area contributed by atoms with Crippen molar-refractivity contribution < 1.29 is 22.7 Å². The van der Waals surface area contributed by atoms with Crippen LogP contribution in [0.25, 0.3) is 5.69 Å². The maximum atomic E-state index is 13.4. The first-order chi connectivity index (χ1) is 16.5. The minimum Gasteiger partial charge on any atom is -0.469 e. The van der Waals surface area contributed by atoms with Crippen LogP contribution in [0.3, 0.4) is 0 Å². The zero-order valence-corrected chi connectivity index (χ0v) is 21.2. The number of aryl methyl sites for hydroxylation is 1. The monoisotopic (exact) mass is 497 g/mol. The Hall–Kier alpha value is -3.27. The molecule has 1 heterocycles. The Labute approximate surface area is 206 Å². The van der Waals surface area contributed by atoms with Crippen molar-refractivity contribution in [1.82, 2.24) is 9.47 Å². The molecule has 0 bridgehead atoms. The normalized spacial score (nSPS) is 12.5. The van der Waals surface area contributed by atoms with Gasteiger partial charge in [0.1, 0.15) is 0 Å². The lowest BCUT2D eigenvalue weighted by molar-refractivity contribution is -0.145. The molecule has 0 saturated heterocycles. The Morgan fingerprint density at radius 2 is 1.69 bits per heavy atom. The molecule has 9 heteroatoms. The summed E-state index contributed by atoms with van der Waals surface area (Å²) in [7, 11) is -2.43. The molecule has 0 spiro atoms. The molecule has 1 unspecified atom stereocenters. The molecule has 1 atom stereocenters. The molecule has 0 fully saturated rings. The molecule has 0 amide bonds. The molecule has 0 aliphatic rings. The van der Waals surface area contributed by atoms with Gasteiger partial charge in [0.25, 0.3) is 0 Å². The molecular formula is C26H31N3O5S. The average molecular weight is 498 g/mol. The summed E-state index contributed by atoms with van der Waals surface area (Å²) in [6.07, 6.45) is 0. The smallest absolute Gasteiger partial charge is 0.309 e. The second-order valence-corrected chi connectivity index (χ2v) is 10.2. The second-order valence-electron chi connectivity index (χ2n) is 8.66. The van der Waals surface area contributed by atoms with E-state index in [4.69, 9.17) is 9.88 Å². The number of hydrogen-bond acceptors (Lipinski definition) is 6. The fourth-order valence-electron chi connectivity index (χ4n) is 4.21. The predicted molar refractivity (Wildman–Crippen MR) is 134 cm³/mol. The first-order valence-corrected chi connectivity index (χ1v) is 12.8. The molecule has 186 valence electrons. The van der Waals surface area contributed by atoms with E-state index in [1.165, 1.54) is 19.2 Å². The number of primary sulfonamides is 1. The number of methoxy groups -OCH3 is 1. The van der Waals surface area contributed by atoms with Crippen molar-refractivity contribution in [2.24, 2.45) is 11.1 Å². The van der Waals surface area contributed by atoms with Crippen molar-refractivity contribution in [3.63, 3.8) is 0 Å². The van der Waals surface area contributed by atoms with Crippen LogP contribution in [0.15, 0.2) is 65.6 Å². The van der Waals surface area contributed by atoms with Crippen LogP contribution >= 0.6 is 0 Å². The van der Waals surface area contributed by atoms with Gasteiger partial charge in [-0.05, 0) is 49.7 Å². The first kappa shape index (κ1) is 26.3. The third kappa shape index (κ3) is 6.45. The molecule has 3 rings (SSSR count). The van der Waals surface area contributed by atoms with Gasteiger partial charge in [0.05, 0.1) is 24.5 Å². The highest BCUT2D eigenvalue weighted by atomic mass is 32.2. The minimum atomic E-state index is -3.79. The zero-order valence-electron chi connectivity index (χ0n) is 20.4. The molecule has 2 N–H and O–H groups in total. The summed E-state index contributed by atoms with van der Waals surface area (Å²) in [4.78, 5) is 27.4. The van der Waals surface area contributed by atoms with Crippen LogP contribution in [-0.2, 0) is 26.1 Å². The second kappa shape index (κ2) is 11.0. The van der Waals surface area contributed by atoms with Gasteiger partial charge < -0.3 is 9.30 Å². The Morgan fingerprint density at radius 3 is 2.26 bits per heavy atom. The number of rotatable bonds is 10. The highest BCUT2D eigenvalue weighted by Crippen LogP contribution is 2.23. The number of sulfonamides is 1. The van der Waals surface area contributed by atoms with Crippen molar-refractivity contribution >= 4 is 21.8 Å². The molecule has 0 aliphatic carbocycles. The van der Waals surface area contributed by atoms with Crippen LogP contribution < -0.4 is 5.14 Å². The molecule has 0 saturated carbocycles. The summed E-state index contributed by atoms with van der Waals surface area (Å²) in [5.74, 6) is -0.781. The van der Waals surface area contributed by atoms with E-state index in [0.717, 1.165) is 22.6 Å². The Balaban J connectivity index is 1.86. The maximum absolute atomic E-state index is 13.4. The summed E-state index contributed by atoms with van der Waals surface area (Å²) in [6, 6.07) is 17.8. The fourth-order valence-corrected chi connectivity index (χ4v) is 4.72. The lowest BCUT2D eigenvalue weighted by atomic mass is 10.1. The Morgan fingerprint density at radius 1 is 1.06 bits per heavy atom. The van der Waals surface area contributed by atoms with E-state index < -0.39 is 10.0 Å². The van der Waals surface area contributed by atoms with Gasteiger partial charge in [-0.2, -0.15) is 0 Å². The van der Waals surface area contributed by atoms with E-state index >= 15 is 0 Å². The van der Waals surface area contributed by atoms with E-state index in [9.17, 15) is 18.0 Å². The maximum Gasteiger partial charge on any atom is 0.309 e. The number of carbonyl (C=O) groups is 2. The van der Waals surface area contributed by atoms with E-state index in [1.807, 2.05) is 59.7 Å². The SMILES string of the molecule is COC(=O)C(C)CN(CC(=O)c1cc(C)n(-c2ccc(S(N)(=O)=O)cc2)c1C)Cc1ccccc1. The molecule has 0 aliphatic heterocycles. The van der Waals surface area contributed by atoms with Gasteiger partial charge in [-0.15, -0.1) is 0 Å². The average Bonchev–Trinajstić information content (AvgIpc) is 3.12. The van der Waals surface area contributed by atoms with Crippen LogP contribution in [0.4, 0.5) is 0 Å². The highest BCUT2D eigenvalue weighted by Gasteiger charge is 2.23. The van der Waals surface area contributed by atoms with Crippen molar-refractivity contribution in [1.29, 1.82) is 0 Å². The summed E-state index contributed by atoms with van der Waals surface area (Å²) >= 11 is 0. The van der Waals surface area contributed by atoms with Crippen LogP contribution in [0, 0.1) is 19.8 Å². The van der Waals surface area contributed by atoms with E-state index in [2.05, 4.69) is 0 Å². The van der Waals surface area contributed by atoms with Crippen molar-refractivity contribution in [2.75, 3.05) is 20.2 Å². The Bertz CT molecular complexity index is 1300. The van der Waals surface area contributed by atoms with E-state index in [-0.39, 0.29) is 29.1 Å². The summed E-state index contributed by atoms with van der Waals surface area (Å²) in [5, 5.41) is 5.20. The van der Waals surface area contributed by atoms with Crippen molar-refractivity contribution in [3.8, 4) is 5.69 Å². The van der Waals surface area contributed by atoms with Gasteiger partial charge in [0, 0.05) is 35.7 Å². The molecule has 0 radical (unpaired) electrons. The topological polar surface area (TPSA) is 112 Å². The molecular weight excluding hydrogens is 466 g/mol. The van der Waals surface area contributed by atoms with E-state index in [0.29, 0.717) is 18.7 Å². The number of esters is 1. The van der Waals surface area contributed by atoms with Crippen LogP contribution in [0.5, 0.6) is 0 Å². The van der Waals surface area contributed by atoms with Crippen LogP contribution in [0.1, 0.15) is 34.2 Å². The lowest BCUT2D eigenvalue weighted by Gasteiger charge is -2.24. The van der Waals surface area contributed by atoms with Crippen molar-refractivity contribution in [3.05, 3.63) is 83.2 Å². The van der Waals surface area contributed by atoms with Gasteiger partial charge in [0.15, 0.2) is 5.78 Å². The first-order valence-electron chi connectivity index (χ1n) is 11.2. The Kier molecular flexibility index (Phi) is 8.26. The molecule has 3 aromatic rings. The quantitative estimate of drug-likeness (QED) is 0.340. The minimum absolute atomic E-state index is 0.0243. The summed E-state index contributed by atoms with van der Waals surface area (Å²) in [6.45, 7) is 6.55. The highest BCUT2D eigenvalue weighted by molar-refractivity contribution is 7.89. The molecule has 1 aromatic heterocycles. The third-order valence-electron chi connectivity index (χ3n) is 5.91. The van der Waals surface area contributed by atoms with Gasteiger partial charge in [-0.1, -0.05) is 37.3 Å². The standard InChI is InChI=1S/C26H31N3O5S/c1-18(26(31)34-4)15-28(16-21-8-6-5-7-9-21)17-25(30)24-14-19(2)29(20(24)3)22-10-12-23(13-11-22)35(27,32)33/h5-14,18H,15-17H2,1-4H3,(H2,27,32,33). The van der Waals surface area contributed by atoms with Gasteiger partial charge in [-0.3, -0.25) is 14.5 Å². The largest absolute Gasteiger partial charge is 0.469 e. The van der Waals surface area contributed by atoms with E-state index in [1.54, 1.807) is 19.1 Å². The molecule has 8 nitrogen and oxygen atoms in total. The molecule has 35 heavy (non-hydrogen) atoms. The molecule has 2 aromatic carbocycles.